The van der Waals surface area contributed by atoms with Crippen LogP contribution in [0.15, 0.2) is 18.2 Å². The average Bonchev–Trinajstić information content (AvgIpc) is 2.84. The fourth-order valence-electron chi connectivity index (χ4n) is 2.29. The molecule has 0 bridgehead atoms. The highest BCUT2D eigenvalue weighted by Gasteiger charge is 2.34. The van der Waals surface area contributed by atoms with Crippen LogP contribution >= 0.6 is 0 Å². The molecule has 3 N–H and O–H groups in total. The van der Waals surface area contributed by atoms with Crippen molar-refractivity contribution in [1.82, 2.24) is 5.32 Å². The van der Waals surface area contributed by atoms with E-state index in [1.807, 2.05) is 6.92 Å². The van der Waals surface area contributed by atoms with Gasteiger partial charge in [-0.25, -0.2) is 0 Å². The van der Waals surface area contributed by atoms with Gasteiger partial charge < -0.3 is 25.0 Å². The number of hydrogen-bond acceptors (Lipinski definition) is 5. The summed E-state index contributed by atoms with van der Waals surface area (Å²) in [5.74, 6) is 0.128. The molecule has 1 aliphatic heterocycles. The monoisotopic (exact) mass is 267 g/mol. The van der Waals surface area contributed by atoms with Crippen molar-refractivity contribution in [3.63, 3.8) is 0 Å². The lowest BCUT2D eigenvalue weighted by Gasteiger charge is -2.28. The smallest absolute Gasteiger partial charge is 0.119 e. The molecule has 2 rings (SSSR count). The Morgan fingerprint density at radius 1 is 1.37 bits per heavy atom. The van der Waals surface area contributed by atoms with E-state index in [0.717, 1.165) is 18.6 Å². The fourth-order valence-corrected chi connectivity index (χ4v) is 2.29. The molecule has 0 spiro atoms. The van der Waals surface area contributed by atoms with E-state index in [0.29, 0.717) is 13.2 Å². The van der Waals surface area contributed by atoms with Gasteiger partial charge in [0.15, 0.2) is 0 Å². The quantitative estimate of drug-likeness (QED) is 0.755. The Labute approximate surface area is 113 Å². The first-order chi connectivity index (χ1) is 9.04. The second-order valence-electron chi connectivity index (χ2n) is 5.08. The SMILES string of the molecule is COC1(CNC(C)c2cc(O)cc(O)c2)CCOC1. The largest absolute Gasteiger partial charge is 0.508 e. The third-order valence-corrected chi connectivity index (χ3v) is 3.66. The lowest BCUT2D eigenvalue weighted by Crippen LogP contribution is -2.43. The summed E-state index contributed by atoms with van der Waals surface area (Å²) in [6.45, 7) is 3.96. The van der Waals surface area contributed by atoms with Gasteiger partial charge in [0.2, 0.25) is 0 Å². The Hall–Kier alpha value is -1.30. The molecule has 1 aromatic carbocycles. The van der Waals surface area contributed by atoms with Crippen LogP contribution in [0.4, 0.5) is 0 Å². The molecule has 106 valence electrons. The first-order valence-electron chi connectivity index (χ1n) is 6.44. The van der Waals surface area contributed by atoms with Gasteiger partial charge in [-0.3, -0.25) is 0 Å². The van der Waals surface area contributed by atoms with Gasteiger partial charge in [0.25, 0.3) is 0 Å². The molecule has 1 aromatic rings. The van der Waals surface area contributed by atoms with Gasteiger partial charge in [-0.15, -0.1) is 0 Å². The van der Waals surface area contributed by atoms with Crippen molar-refractivity contribution in [1.29, 1.82) is 0 Å². The number of hydrogen-bond donors (Lipinski definition) is 3. The van der Waals surface area contributed by atoms with E-state index in [1.165, 1.54) is 6.07 Å². The lowest BCUT2D eigenvalue weighted by atomic mass is 10.0. The van der Waals surface area contributed by atoms with E-state index in [4.69, 9.17) is 9.47 Å². The summed E-state index contributed by atoms with van der Waals surface area (Å²) < 4.78 is 10.9. The van der Waals surface area contributed by atoms with Crippen LogP contribution in [0.1, 0.15) is 24.9 Å². The third kappa shape index (κ3) is 3.37. The van der Waals surface area contributed by atoms with Crippen LogP contribution in [0, 0.1) is 0 Å². The van der Waals surface area contributed by atoms with Crippen LogP contribution in [0.5, 0.6) is 11.5 Å². The van der Waals surface area contributed by atoms with Crippen molar-refractivity contribution in [3.05, 3.63) is 23.8 Å². The highest BCUT2D eigenvalue weighted by Crippen LogP contribution is 2.26. The van der Waals surface area contributed by atoms with Crippen LogP contribution in [-0.4, -0.2) is 42.7 Å². The second kappa shape index (κ2) is 5.77. The van der Waals surface area contributed by atoms with Gasteiger partial charge in [0.05, 0.1) is 6.61 Å². The first-order valence-corrected chi connectivity index (χ1v) is 6.44. The summed E-state index contributed by atoms with van der Waals surface area (Å²) in [6.07, 6.45) is 0.870. The molecule has 2 unspecified atom stereocenters. The average molecular weight is 267 g/mol. The molecule has 0 saturated carbocycles. The molecule has 5 nitrogen and oxygen atoms in total. The number of phenolic OH excluding ortho intramolecular Hbond substituents is 2. The highest BCUT2D eigenvalue weighted by molar-refractivity contribution is 5.37. The lowest BCUT2D eigenvalue weighted by molar-refractivity contribution is -0.0172. The second-order valence-corrected chi connectivity index (χ2v) is 5.08. The molecule has 1 fully saturated rings. The molecular formula is C14H21NO4. The van der Waals surface area contributed by atoms with Gasteiger partial charge in [-0.05, 0) is 24.6 Å². The van der Waals surface area contributed by atoms with Crippen LogP contribution in [0.3, 0.4) is 0 Å². The molecule has 1 aliphatic rings. The predicted octanol–water partition coefficient (Wildman–Crippen LogP) is 1.55. The van der Waals surface area contributed by atoms with Gasteiger partial charge in [0, 0.05) is 38.8 Å². The van der Waals surface area contributed by atoms with Crippen molar-refractivity contribution in [2.75, 3.05) is 26.9 Å². The summed E-state index contributed by atoms with van der Waals surface area (Å²) in [4.78, 5) is 0. The number of phenols is 2. The zero-order chi connectivity index (χ0) is 13.9. The minimum Gasteiger partial charge on any atom is -0.508 e. The molecule has 5 heteroatoms. The topological polar surface area (TPSA) is 71.0 Å². The molecule has 1 saturated heterocycles. The van der Waals surface area contributed by atoms with Gasteiger partial charge in [0.1, 0.15) is 17.1 Å². The Bertz CT molecular complexity index is 409. The number of rotatable bonds is 5. The number of methoxy groups -OCH3 is 1. The normalized spacial score (nSPS) is 24.5. The summed E-state index contributed by atoms with van der Waals surface area (Å²) in [7, 11) is 1.70. The van der Waals surface area contributed by atoms with E-state index in [9.17, 15) is 10.2 Å². The Balaban J connectivity index is 1.98. The Morgan fingerprint density at radius 2 is 2.05 bits per heavy atom. The maximum Gasteiger partial charge on any atom is 0.119 e. The number of benzene rings is 1. The summed E-state index contributed by atoms with van der Waals surface area (Å²) in [5.41, 5.74) is 0.565. The molecule has 1 heterocycles. The van der Waals surface area contributed by atoms with Crippen LogP contribution < -0.4 is 5.32 Å². The predicted molar refractivity (Wildman–Crippen MR) is 71.4 cm³/mol. The van der Waals surface area contributed by atoms with E-state index >= 15 is 0 Å². The van der Waals surface area contributed by atoms with E-state index < -0.39 is 0 Å². The Kier molecular flexibility index (Phi) is 4.29. The standard InChI is InChI=1S/C14H21NO4/c1-10(11-5-12(16)7-13(17)6-11)15-8-14(18-2)3-4-19-9-14/h5-7,10,15-17H,3-4,8-9H2,1-2H3. The van der Waals surface area contributed by atoms with Crippen molar-refractivity contribution in [3.8, 4) is 11.5 Å². The van der Waals surface area contributed by atoms with Crippen molar-refractivity contribution >= 4 is 0 Å². The van der Waals surface area contributed by atoms with Crippen molar-refractivity contribution < 1.29 is 19.7 Å². The van der Waals surface area contributed by atoms with Crippen molar-refractivity contribution in [2.24, 2.45) is 0 Å². The first kappa shape index (κ1) is 14.1. The van der Waals surface area contributed by atoms with Gasteiger partial charge in [-0.2, -0.15) is 0 Å². The number of nitrogens with one attached hydrogen (secondary N) is 1. The molecule has 0 amide bonds. The van der Waals surface area contributed by atoms with Gasteiger partial charge in [-0.1, -0.05) is 0 Å². The van der Waals surface area contributed by atoms with Crippen LogP contribution in [0.25, 0.3) is 0 Å². The maximum atomic E-state index is 9.49. The van der Waals surface area contributed by atoms with E-state index in [2.05, 4.69) is 5.32 Å². The van der Waals surface area contributed by atoms with Crippen LogP contribution in [-0.2, 0) is 9.47 Å². The minimum absolute atomic E-state index is 0.00521. The zero-order valence-corrected chi connectivity index (χ0v) is 11.3. The number of ether oxygens (including phenoxy) is 2. The minimum atomic E-state index is -0.271. The van der Waals surface area contributed by atoms with Crippen LogP contribution in [0.2, 0.25) is 0 Å². The van der Waals surface area contributed by atoms with Gasteiger partial charge >= 0.3 is 0 Å². The summed E-state index contributed by atoms with van der Waals surface area (Å²) >= 11 is 0. The molecule has 0 radical (unpaired) electrons. The molecular weight excluding hydrogens is 246 g/mol. The summed E-state index contributed by atoms with van der Waals surface area (Å²) in [5, 5.41) is 22.3. The van der Waals surface area contributed by atoms with E-state index in [1.54, 1.807) is 19.2 Å². The van der Waals surface area contributed by atoms with E-state index in [-0.39, 0.29) is 23.1 Å². The Morgan fingerprint density at radius 3 is 2.58 bits per heavy atom. The highest BCUT2D eigenvalue weighted by atomic mass is 16.5. The molecule has 2 atom stereocenters. The van der Waals surface area contributed by atoms with Crippen molar-refractivity contribution in [2.45, 2.75) is 25.0 Å². The summed E-state index contributed by atoms with van der Waals surface area (Å²) in [6, 6.07) is 4.60. The molecule has 19 heavy (non-hydrogen) atoms. The maximum absolute atomic E-state index is 9.49. The third-order valence-electron chi connectivity index (χ3n) is 3.66. The molecule has 0 aliphatic carbocycles. The fraction of sp³-hybridized carbons (Fsp3) is 0.571. The number of aromatic hydroxyl groups is 2. The zero-order valence-electron chi connectivity index (χ0n) is 11.3. The molecule has 0 aromatic heterocycles.